The smallest absolute Gasteiger partial charge is 0.308 e. The van der Waals surface area contributed by atoms with Gasteiger partial charge < -0.3 is 4.74 Å². The van der Waals surface area contributed by atoms with Gasteiger partial charge in [0.15, 0.2) is 0 Å². The van der Waals surface area contributed by atoms with Crippen LogP contribution in [-0.4, -0.2) is 25.4 Å². The zero-order valence-electron chi connectivity index (χ0n) is 6.02. The van der Waals surface area contributed by atoms with E-state index < -0.39 is 0 Å². The number of rotatable bonds is 3. The van der Waals surface area contributed by atoms with Crippen molar-refractivity contribution in [2.75, 3.05) is 13.3 Å². The average molecular weight is 144 g/mol. The van der Waals surface area contributed by atoms with Gasteiger partial charge in [0.1, 0.15) is 0 Å². The van der Waals surface area contributed by atoms with Gasteiger partial charge in [-0.1, -0.05) is 0 Å². The monoisotopic (exact) mass is 144 g/mol. The Labute approximate surface area is 59.9 Å². The predicted molar refractivity (Wildman–Crippen MR) is 36.2 cm³/mol. The number of hydrogen-bond donors (Lipinski definition) is 2. The van der Waals surface area contributed by atoms with Gasteiger partial charge in [0.05, 0.1) is 19.2 Å². The second-order valence-corrected chi connectivity index (χ2v) is 2.15. The highest BCUT2D eigenvalue weighted by molar-refractivity contribution is 5.70. The summed E-state index contributed by atoms with van der Waals surface area (Å²) in [7, 11) is 0. The molecule has 4 heteroatoms. The minimum atomic E-state index is -0.146. The highest BCUT2D eigenvalue weighted by Crippen LogP contribution is 1.95. The van der Waals surface area contributed by atoms with Crippen LogP contribution in [0.15, 0.2) is 0 Å². The largest absolute Gasteiger partial charge is 0.466 e. The lowest BCUT2D eigenvalue weighted by Gasteiger charge is -2.28. The molecular formula is C6H12N2O2. The molecule has 1 aliphatic heterocycles. The van der Waals surface area contributed by atoms with Gasteiger partial charge in [-0.15, -0.1) is 0 Å². The minimum absolute atomic E-state index is 0.138. The summed E-state index contributed by atoms with van der Waals surface area (Å²) in [6.07, 6.45) is 0.562. The van der Waals surface area contributed by atoms with E-state index in [0.717, 1.165) is 6.67 Å². The molecule has 0 atom stereocenters. The predicted octanol–water partition coefficient (Wildman–Crippen LogP) is -0.584. The Bertz CT molecular complexity index is 123. The van der Waals surface area contributed by atoms with E-state index in [1.807, 2.05) is 0 Å². The Morgan fingerprint density at radius 3 is 2.80 bits per heavy atom. The summed E-state index contributed by atoms with van der Waals surface area (Å²) in [4.78, 5) is 10.7. The van der Waals surface area contributed by atoms with E-state index in [1.165, 1.54) is 0 Å². The van der Waals surface area contributed by atoms with Crippen LogP contribution in [-0.2, 0) is 9.53 Å². The molecular weight excluding hydrogens is 132 g/mol. The molecule has 1 rings (SSSR count). The number of nitrogens with one attached hydrogen (secondary N) is 2. The van der Waals surface area contributed by atoms with Gasteiger partial charge in [-0.2, -0.15) is 0 Å². The maximum absolute atomic E-state index is 10.7. The normalized spacial score (nSPS) is 18.1. The molecule has 1 heterocycles. The van der Waals surface area contributed by atoms with Gasteiger partial charge in [-0.05, 0) is 6.92 Å². The van der Waals surface area contributed by atoms with E-state index >= 15 is 0 Å². The number of esters is 1. The first kappa shape index (κ1) is 7.50. The first-order valence-electron chi connectivity index (χ1n) is 3.45. The second-order valence-electron chi connectivity index (χ2n) is 2.15. The Balaban J connectivity index is 2.05. The molecule has 0 spiro atoms. The van der Waals surface area contributed by atoms with Crippen LogP contribution >= 0.6 is 0 Å². The summed E-state index contributed by atoms with van der Waals surface area (Å²) >= 11 is 0. The standard InChI is InChI=1S/C6H12N2O2/c1-2-10-6(9)3-5-7-4-8-5/h5,7-8H,2-4H2,1H3. The van der Waals surface area contributed by atoms with Crippen LogP contribution in [0.5, 0.6) is 0 Å². The van der Waals surface area contributed by atoms with Gasteiger partial charge in [0, 0.05) is 6.67 Å². The van der Waals surface area contributed by atoms with Crippen LogP contribution in [0.4, 0.5) is 0 Å². The van der Waals surface area contributed by atoms with E-state index in [4.69, 9.17) is 4.74 Å². The lowest BCUT2D eigenvalue weighted by Crippen LogP contribution is -2.59. The number of carbonyl (C=O) groups is 1. The molecule has 58 valence electrons. The lowest BCUT2D eigenvalue weighted by molar-refractivity contribution is -0.144. The molecule has 10 heavy (non-hydrogen) atoms. The first-order chi connectivity index (χ1) is 4.83. The van der Waals surface area contributed by atoms with Gasteiger partial charge in [0.25, 0.3) is 0 Å². The minimum Gasteiger partial charge on any atom is -0.466 e. The van der Waals surface area contributed by atoms with Crippen molar-refractivity contribution >= 4 is 5.97 Å². The summed E-state index contributed by atoms with van der Waals surface area (Å²) in [6.45, 7) is 3.06. The van der Waals surface area contributed by atoms with Gasteiger partial charge >= 0.3 is 5.97 Å². The van der Waals surface area contributed by atoms with Crippen molar-refractivity contribution in [1.29, 1.82) is 0 Å². The first-order valence-corrected chi connectivity index (χ1v) is 3.45. The van der Waals surface area contributed by atoms with Gasteiger partial charge in [0.2, 0.25) is 0 Å². The Kier molecular flexibility index (Phi) is 2.65. The van der Waals surface area contributed by atoms with Crippen molar-refractivity contribution in [2.24, 2.45) is 0 Å². The summed E-state index contributed by atoms with van der Waals surface area (Å²) < 4.78 is 4.73. The number of carbonyl (C=O) groups excluding carboxylic acids is 1. The molecule has 4 nitrogen and oxygen atoms in total. The molecule has 0 radical (unpaired) electrons. The fourth-order valence-corrected chi connectivity index (χ4v) is 0.777. The van der Waals surface area contributed by atoms with Crippen molar-refractivity contribution in [3.63, 3.8) is 0 Å². The van der Waals surface area contributed by atoms with Crippen molar-refractivity contribution in [2.45, 2.75) is 19.5 Å². The van der Waals surface area contributed by atoms with Crippen LogP contribution in [0.1, 0.15) is 13.3 Å². The Morgan fingerprint density at radius 2 is 2.40 bits per heavy atom. The average Bonchev–Trinajstić information content (AvgIpc) is 1.80. The molecule has 2 N–H and O–H groups in total. The molecule has 0 saturated carbocycles. The van der Waals surface area contributed by atoms with Crippen LogP contribution in [0.25, 0.3) is 0 Å². The van der Waals surface area contributed by atoms with E-state index in [2.05, 4.69) is 10.6 Å². The molecule has 1 fully saturated rings. The maximum atomic E-state index is 10.7. The topological polar surface area (TPSA) is 50.4 Å². The molecule has 0 aromatic heterocycles. The summed E-state index contributed by atoms with van der Waals surface area (Å²) in [5.74, 6) is -0.146. The van der Waals surface area contributed by atoms with Gasteiger partial charge in [-0.25, -0.2) is 0 Å². The molecule has 0 aromatic rings. The zero-order valence-corrected chi connectivity index (χ0v) is 6.02. The molecule has 0 amide bonds. The van der Waals surface area contributed by atoms with E-state index in [1.54, 1.807) is 6.92 Å². The third-order valence-corrected chi connectivity index (χ3v) is 1.37. The van der Waals surface area contributed by atoms with Crippen molar-refractivity contribution in [3.05, 3.63) is 0 Å². The molecule has 0 bridgehead atoms. The highest BCUT2D eigenvalue weighted by atomic mass is 16.5. The fourth-order valence-electron chi connectivity index (χ4n) is 0.777. The zero-order chi connectivity index (χ0) is 7.40. The van der Waals surface area contributed by atoms with Gasteiger partial charge in [-0.3, -0.25) is 15.4 Å². The summed E-state index contributed by atoms with van der Waals surface area (Å²) in [6, 6.07) is 0. The van der Waals surface area contributed by atoms with Crippen molar-refractivity contribution in [1.82, 2.24) is 10.6 Å². The fraction of sp³-hybridized carbons (Fsp3) is 0.833. The molecule has 1 aliphatic rings. The maximum Gasteiger partial charge on any atom is 0.308 e. The Morgan fingerprint density at radius 1 is 1.70 bits per heavy atom. The summed E-state index contributed by atoms with van der Waals surface area (Å²) in [5.41, 5.74) is 0. The molecule has 0 unspecified atom stereocenters. The van der Waals surface area contributed by atoms with Crippen molar-refractivity contribution < 1.29 is 9.53 Å². The van der Waals surface area contributed by atoms with Crippen molar-refractivity contribution in [3.8, 4) is 0 Å². The molecule has 0 aromatic carbocycles. The lowest BCUT2D eigenvalue weighted by atomic mass is 10.3. The molecule has 1 saturated heterocycles. The van der Waals surface area contributed by atoms with Crippen LogP contribution < -0.4 is 10.6 Å². The third-order valence-electron chi connectivity index (χ3n) is 1.37. The second kappa shape index (κ2) is 3.53. The Hall–Kier alpha value is -0.610. The SMILES string of the molecule is CCOC(=O)CC1NCN1. The van der Waals surface area contributed by atoms with Crippen LogP contribution in [0, 0.1) is 0 Å². The number of hydrogen-bond acceptors (Lipinski definition) is 4. The quantitative estimate of drug-likeness (QED) is 0.520. The highest BCUT2D eigenvalue weighted by Gasteiger charge is 2.18. The third kappa shape index (κ3) is 1.97. The van der Waals surface area contributed by atoms with Crippen LogP contribution in [0.2, 0.25) is 0 Å². The van der Waals surface area contributed by atoms with E-state index in [-0.39, 0.29) is 12.1 Å². The van der Waals surface area contributed by atoms with E-state index in [9.17, 15) is 4.79 Å². The van der Waals surface area contributed by atoms with Crippen LogP contribution in [0.3, 0.4) is 0 Å². The molecule has 0 aliphatic carbocycles. The summed E-state index contributed by atoms with van der Waals surface area (Å²) in [5, 5.41) is 6.05. The van der Waals surface area contributed by atoms with E-state index in [0.29, 0.717) is 13.0 Å². The number of ether oxygens (including phenoxy) is 1.